The zero-order chi connectivity index (χ0) is 44.5. The molecule has 0 saturated carbocycles. The lowest BCUT2D eigenvalue weighted by Crippen LogP contribution is -2.58. The number of carbonyl (C=O) groups excluding carboxylic acids is 2. The maximum atomic E-state index is 14.4. The van der Waals surface area contributed by atoms with E-state index in [4.69, 9.17) is 42.6 Å². The van der Waals surface area contributed by atoms with Crippen LogP contribution in [0.1, 0.15) is 104 Å². The highest BCUT2D eigenvalue weighted by Gasteiger charge is 2.60. The van der Waals surface area contributed by atoms with Crippen LogP contribution >= 0.6 is 0 Å². The molecule has 342 valence electrons. The molecule has 0 amide bonds. The summed E-state index contributed by atoms with van der Waals surface area (Å²) in [5, 5.41) is 23.7. The molecule has 0 aromatic heterocycles. The quantitative estimate of drug-likeness (QED) is 0.205. The normalized spacial score (nSPS) is 42.9. The number of para-hydroxylation sites is 1. The smallest absolute Gasteiger partial charge is 0.342 e. The summed E-state index contributed by atoms with van der Waals surface area (Å²) in [5.74, 6) is -2.30. The van der Waals surface area contributed by atoms with Crippen molar-refractivity contribution >= 4 is 11.9 Å². The minimum absolute atomic E-state index is 0.0160. The van der Waals surface area contributed by atoms with Crippen molar-refractivity contribution in [3.63, 3.8) is 0 Å². The van der Waals surface area contributed by atoms with Crippen LogP contribution in [0.2, 0.25) is 0 Å². The number of hydrogen-bond donors (Lipinski definition) is 2. The SMILES string of the molecule is CCC(C)[C@H]1OC2(CC[C@@H]1C)C[C@@H]1C[C@@H](C/C=C(\C)[C@@H](O[C@H]3C[C@H](OC)[C@@H](OC(=O)c4ccccc4OC)[C@H](C)O3)[C@@H](C)/C=C/C=C3\CO[C@@H]4[C@H](O)C(C)=C[C@@H](C(=O)O1)[C@]34O)O2. The van der Waals surface area contributed by atoms with Crippen LogP contribution in [0, 0.1) is 23.7 Å². The van der Waals surface area contributed by atoms with Gasteiger partial charge in [0.15, 0.2) is 18.2 Å². The molecule has 13 heteroatoms. The Balaban J connectivity index is 1.19. The molecule has 4 saturated heterocycles. The van der Waals surface area contributed by atoms with Gasteiger partial charge in [-0.2, -0.15) is 0 Å². The third-order valence-corrected chi connectivity index (χ3v) is 14.2. The zero-order valence-electron chi connectivity index (χ0n) is 37.8. The monoisotopic (exact) mass is 864 g/mol. The van der Waals surface area contributed by atoms with Crippen molar-refractivity contribution in [2.24, 2.45) is 23.7 Å². The molecule has 16 atom stereocenters. The maximum absolute atomic E-state index is 14.4. The summed E-state index contributed by atoms with van der Waals surface area (Å²) in [5.41, 5.74) is 0.433. The van der Waals surface area contributed by atoms with Gasteiger partial charge < -0.3 is 52.8 Å². The number of benzene rings is 1. The summed E-state index contributed by atoms with van der Waals surface area (Å²) >= 11 is 0. The standard InChI is InChI=1S/C49H68O13/c1-10-27(2)43-30(5)20-21-48(62-43)25-35-23-34(61-48)19-18-29(4)42(28(3)14-13-15-33-26-56-45-41(50)31(6)22-37(47(52)58-35)49(33,45)53)59-40-24-39(55-9)44(32(7)57-40)60-46(51)36-16-11-12-17-38(36)54-8/h11-18,22,27-28,30,32,34-35,37,39-45,50,53H,10,19-21,23-26H2,1-9H3/b14-13+,29-18+,33-15+/t27?,28-,30-,32-,34+,35-,37-,39-,40-,41+,42-,43+,44-,45+,48?,49+/m0/s1. The number of allylic oxidation sites excluding steroid dienone is 2. The Kier molecular flexibility index (Phi) is 14.6. The number of aliphatic hydroxyl groups excluding tert-OH is 1. The van der Waals surface area contributed by atoms with Crippen molar-refractivity contribution in [2.75, 3.05) is 20.8 Å². The van der Waals surface area contributed by atoms with E-state index < -0.39 is 78.3 Å². The third-order valence-electron chi connectivity index (χ3n) is 14.2. The molecule has 4 fully saturated rings. The van der Waals surface area contributed by atoms with Gasteiger partial charge in [-0.05, 0) is 74.3 Å². The van der Waals surface area contributed by atoms with E-state index in [-0.39, 0.29) is 24.7 Å². The van der Waals surface area contributed by atoms with E-state index in [1.807, 2.05) is 32.9 Å². The number of ether oxygens (including phenoxy) is 9. The molecule has 13 nitrogen and oxygen atoms in total. The third kappa shape index (κ3) is 9.38. The summed E-state index contributed by atoms with van der Waals surface area (Å²) in [4.78, 5) is 27.7. The lowest BCUT2D eigenvalue weighted by Gasteiger charge is -2.51. The minimum Gasteiger partial charge on any atom is -0.496 e. The topological polar surface area (TPSA) is 158 Å². The fourth-order valence-corrected chi connectivity index (χ4v) is 10.4. The Labute approximate surface area is 366 Å². The van der Waals surface area contributed by atoms with E-state index in [0.29, 0.717) is 66.4 Å². The van der Waals surface area contributed by atoms with Crippen LogP contribution in [-0.4, -0.2) is 116 Å². The maximum Gasteiger partial charge on any atom is 0.342 e. The van der Waals surface area contributed by atoms with Crippen molar-refractivity contribution < 1.29 is 62.4 Å². The van der Waals surface area contributed by atoms with E-state index >= 15 is 0 Å². The van der Waals surface area contributed by atoms with Crippen molar-refractivity contribution in [3.8, 4) is 5.75 Å². The number of carbonyl (C=O) groups is 2. The Morgan fingerprint density at radius 2 is 1.82 bits per heavy atom. The Morgan fingerprint density at radius 3 is 2.56 bits per heavy atom. The van der Waals surface area contributed by atoms with Crippen LogP contribution < -0.4 is 4.74 Å². The number of methoxy groups -OCH3 is 2. The number of hydrogen-bond acceptors (Lipinski definition) is 13. The number of fused-ring (bicyclic) bond motifs is 2. The molecule has 1 aromatic rings. The van der Waals surface area contributed by atoms with Crippen LogP contribution in [0.25, 0.3) is 0 Å². The molecule has 2 bridgehead atoms. The first-order chi connectivity index (χ1) is 29.6. The molecule has 1 spiro atoms. The molecule has 5 heterocycles. The summed E-state index contributed by atoms with van der Waals surface area (Å²) in [7, 11) is 3.09. The molecule has 62 heavy (non-hydrogen) atoms. The van der Waals surface area contributed by atoms with E-state index in [2.05, 4.69) is 26.8 Å². The number of aliphatic hydroxyl groups is 2. The second-order valence-electron chi connectivity index (χ2n) is 18.6. The average molecular weight is 865 g/mol. The molecule has 5 aliphatic heterocycles. The van der Waals surface area contributed by atoms with Crippen LogP contribution in [-0.2, 0) is 42.7 Å². The first kappa shape index (κ1) is 46.6. The highest BCUT2D eigenvalue weighted by Crippen LogP contribution is 2.48. The van der Waals surface area contributed by atoms with Crippen molar-refractivity contribution in [2.45, 2.75) is 166 Å². The molecule has 2 N–H and O–H groups in total. The van der Waals surface area contributed by atoms with Gasteiger partial charge in [0.2, 0.25) is 0 Å². The molecule has 0 radical (unpaired) electrons. The fraction of sp³-hybridized carbons (Fsp3) is 0.673. The second-order valence-corrected chi connectivity index (χ2v) is 18.6. The van der Waals surface area contributed by atoms with Gasteiger partial charge in [0.1, 0.15) is 47.2 Å². The first-order valence-electron chi connectivity index (χ1n) is 22.6. The first-order valence-corrected chi connectivity index (χ1v) is 22.6. The predicted octanol–water partition coefficient (Wildman–Crippen LogP) is 6.94. The average Bonchev–Trinajstić information content (AvgIpc) is 3.60. The van der Waals surface area contributed by atoms with Crippen LogP contribution in [0.3, 0.4) is 0 Å². The van der Waals surface area contributed by atoms with E-state index in [0.717, 1.165) is 18.4 Å². The zero-order valence-corrected chi connectivity index (χ0v) is 37.8. The summed E-state index contributed by atoms with van der Waals surface area (Å²) in [6, 6.07) is 6.91. The Morgan fingerprint density at radius 1 is 1.05 bits per heavy atom. The molecule has 7 rings (SSSR count). The van der Waals surface area contributed by atoms with Gasteiger partial charge in [-0.1, -0.05) is 76.6 Å². The lowest BCUT2D eigenvalue weighted by atomic mass is 9.71. The highest BCUT2D eigenvalue weighted by atomic mass is 16.7. The summed E-state index contributed by atoms with van der Waals surface area (Å²) in [6.45, 7) is 14.3. The van der Waals surface area contributed by atoms with Crippen LogP contribution in [0.15, 0.2) is 71.4 Å². The molecule has 2 unspecified atom stereocenters. The van der Waals surface area contributed by atoms with Crippen molar-refractivity contribution in [1.82, 2.24) is 0 Å². The highest BCUT2D eigenvalue weighted by molar-refractivity contribution is 5.92. The van der Waals surface area contributed by atoms with Gasteiger partial charge in [-0.15, -0.1) is 0 Å². The van der Waals surface area contributed by atoms with E-state index in [1.165, 1.54) is 7.11 Å². The molecular formula is C49H68O13. The fourth-order valence-electron chi connectivity index (χ4n) is 10.4. The van der Waals surface area contributed by atoms with Crippen LogP contribution in [0.5, 0.6) is 5.75 Å². The predicted molar refractivity (Wildman–Crippen MR) is 229 cm³/mol. The Hall–Kier alpha value is -3.40. The van der Waals surface area contributed by atoms with E-state index in [1.54, 1.807) is 50.5 Å². The van der Waals surface area contributed by atoms with Gasteiger partial charge >= 0.3 is 11.9 Å². The molecule has 6 aliphatic rings. The summed E-state index contributed by atoms with van der Waals surface area (Å²) < 4.78 is 57.0. The number of esters is 2. The molecule has 1 aromatic carbocycles. The largest absolute Gasteiger partial charge is 0.496 e. The van der Waals surface area contributed by atoms with Crippen LogP contribution in [0.4, 0.5) is 0 Å². The molecular weight excluding hydrogens is 797 g/mol. The second kappa shape index (κ2) is 19.4. The van der Waals surface area contributed by atoms with Gasteiger partial charge in [0, 0.05) is 38.7 Å². The van der Waals surface area contributed by atoms with Crippen molar-refractivity contribution in [3.05, 3.63) is 76.9 Å². The molecule has 1 aliphatic carbocycles. The lowest BCUT2D eigenvalue weighted by molar-refractivity contribution is -0.340. The number of rotatable bonds is 8. The Bertz CT molecular complexity index is 1890. The van der Waals surface area contributed by atoms with Gasteiger partial charge in [-0.3, -0.25) is 4.79 Å². The van der Waals surface area contributed by atoms with Gasteiger partial charge in [-0.25, -0.2) is 4.79 Å². The summed E-state index contributed by atoms with van der Waals surface area (Å²) in [6.07, 6.45) is 7.45. The van der Waals surface area contributed by atoms with Crippen molar-refractivity contribution in [1.29, 1.82) is 0 Å². The minimum atomic E-state index is -1.83. The van der Waals surface area contributed by atoms with E-state index in [9.17, 15) is 19.8 Å². The van der Waals surface area contributed by atoms with Gasteiger partial charge in [0.05, 0.1) is 38.1 Å². The van der Waals surface area contributed by atoms with Gasteiger partial charge in [0.25, 0.3) is 0 Å².